The van der Waals surface area contributed by atoms with Gasteiger partial charge in [-0.15, -0.1) is 0 Å². The Balaban J connectivity index is 1.10. The molecule has 2 saturated carbocycles. The lowest BCUT2D eigenvalue weighted by Crippen LogP contribution is -2.00. The van der Waals surface area contributed by atoms with Crippen LogP contribution in [0.25, 0.3) is 22.2 Å². The van der Waals surface area contributed by atoms with E-state index < -0.39 is 5.97 Å². The summed E-state index contributed by atoms with van der Waals surface area (Å²) in [5, 5.41) is 20.2. The number of rotatable bonds is 8. The summed E-state index contributed by atoms with van der Waals surface area (Å²) in [6, 6.07) is 17.0. The Labute approximate surface area is 250 Å². The second kappa shape index (κ2) is 10.1. The first-order valence-corrected chi connectivity index (χ1v) is 14.5. The van der Waals surface area contributed by atoms with E-state index in [4.69, 9.17) is 44.1 Å². The highest BCUT2D eigenvalue weighted by atomic mass is 35.5. The highest BCUT2D eigenvalue weighted by Crippen LogP contribution is 2.56. The van der Waals surface area contributed by atoms with Crippen molar-refractivity contribution >= 4 is 51.7 Å². The minimum atomic E-state index is -1.03. The molecule has 2 aliphatic rings. The topological polar surface area (TPSA) is 90.4 Å². The first-order chi connectivity index (χ1) is 19.8. The Morgan fingerprint density at radius 3 is 2.54 bits per heavy atom. The third-order valence-electron chi connectivity index (χ3n) is 8.02. The van der Waals surface area contributed by atoms with E-state index in [-0.39, 0.29) is 18.2 Å². The van der Waals surface area contributed by atoms with Crippen molar-refractivity contribution in [1.29, 1.82) is 0 Å². The molecule has 1 N–H and O–H groups in total. The maximum atomic E-state index is 11.5. The molecule has 10 heteroatoms. The van der Waals surface area contributed by atoms with Gasteiger partial charge in [0.15, 0.2) is 5.69 Å². The number of fused-ring (bicyclic) bond motifs is 1. The zero-order valence-electron chi connectivity index (χ0n) is 21.9. The number of aryl methyl sites for hydroxylation is 1. The molecule has 5 aromatic rings. The number of carbonyl (C=O) groups is 1. The fraction of sp³-hybridized carbons (Fsp3) is 0.258. The van der Waals surface area contributed by atoms with E-state index >= 15 is 0 Å². The van der Waals surface area contributed by atoms with Gasteiger partial charge in [0.1, 0.15) is 23.8 Å². The number of benzene rings is 3. The minimum absolute atomic E-state index is 0.0672. The van der Waals surface area contributed by atoms with Crippen LogP contribution in [0.4, 0.5) is 0 Å². The Bertz CT molecular complexity index is 1820. The number of carboxylic acid groups (broad SMARTS) is 1. The molecule has 0 unspecified atom stereocenters. The molecule has 2 aromatic heterocycles. The van der Waals surface area contributed by atoms with Crippen molar-refractivity contribution in [3.63, 3.8) is 0 Å². The maximum absolute atomic E-state index is 11.5. The van der Waals surface area contributed by atoms with Gasteiger partial charge in [0.05, 0.1) is 21.1 Å². The molecule has 0 aliphatic heterocycles. The number of halogens is 3. The molecule has 2 aliphatic carbocycles. The zero-order chi connectivity index (χ0) is 28.4. The summed E-state index contributed by atoms with van der Waals surface area (Å²) in [5.74, 6) is 1.34. The van der Waals surface area contributed by atoms with E-state index in [2.05, 4.69) is 10.3 Å². The van der Waals surface area contributed by atoms with Crippen LogP contribution >= 0.6 is 34.8 Å². The van der Waals surface area contributed by atoms with Crippen LogP contribution in [-0.4, -0.2) is 26.0 Å². The van der Waals surface area contributed by atoms with E-state index in [9.17, 15) is 9.90 Å². The van der Waals surface area contributed by atoms with E-state index in [0.29, 0.717) is 49.3 Å². The first kappa shape index (κ1) is 26.4. The number of hydrogen-bond acceptors (Lipinski definition) is 5. The van der Waals surface area contributed by atoms with E-state index in [1.54, 1.807) is 29.9 Å². The summed E-state index contributed by atoms with van der Waals surface area (Å²) in [7, 11) is 1.76. The molecule has 0 bridgehead atoms. The maximum Gasteiger partial charge on any atom is 0.357 e. The molecule has 41 heavy (non-hydrogen) atoms. The SMILES string of the molecule is Cn1nc(C(=O)O)c2ccc([C@H]3C[C@@H]3c3ccc(OCc4c(-c5c(Cl)cccc5Cl)noc4C4CC4)cc3Cl)cc21. The third kappa shape index (κ3) is 4.76. The van der Waals surface area contributed by atoms with Crippen molar-refractivity contribution < 1.29 is 19.2 Å². The van der Waals surface area contributed by atoms with Crippen molar-refractivity contribution in [2.75, 3.05) is 0 Å². The van der Waals surface area contributed by atoms with E-state index in [1.807, 2.05) is 36.4 Å². The van der Waals surface area contributed by atoms with Gasteiger partial charge >= 0.3 is 5.97 Å². The van der Waals surface area contributed by atoms with Gasteiger partial charge in [-0.1, -0.05) is 64.2 Å². The number of aromatic carboxylic acids is 1. The van der Waals surface area contributed by atoms with Gasteiger partial charge in [0.25, 0.3) is 0 Å². The van der Waals surface area contributed by atoms with Crippen LogP contribution in [0.5, 0.6) is 5.75 Å². The van der Waals surface area contributed by atoms with Crippen molar-refractivity contribution in [1.82, 2.24) is 14.9 Å². The third-order valence-corrected chi connectivity index (χ3v) is 8.97. The molecule has 208 valence electrons. The quantitative estimate of drug-likeness (QED) is 0.190. The largest absolute Gasteiger partial charge is 0.489 e. The normalized spacial score (nSPS) is 18.1. The molecular formula is C31H24Cl3N3O4. The lowest BCUT2D eigenvalue weighted by molar-refractivity contribution is 0.0691. The van der Waals surface area contributed by atoms with Crippen LogP contribution in [-0.2, 0) is 13.7 Å². The minimum Gasteiger partial charge on any atom is -0.489 e. The van der Waals surface area contributed by atoms with Crippen LogP contribution < -0.4 is 4.74 Å². The van der Waals surface area contributed by atoms with E-state index in [0.717, 1.165) is 47.2 Å². The Hall–Kier alpha value is -3.52. The summed E-state index contributed by atoms with van der Waals surface area (Å²) in [6.07, 6.45) is 3.06. The Kier molecular flexibility index (Phi) is 6.49. The van der Waals surface area contributed by atoms with Gasteiger partial charge in [0, 0.05) is 28.9 Å². The molecule has 2 atom stereocenters. The lowest BCUT2D eigenvalue weighted by Gasteiger charge is -2.11. The second-order valence-corrected chi connectivity index (χ2v) is 11.9. The summed E-state index contributed by atoms with van der Waals surface area (Å²) >= 11 is 19.7. The smallest absolute Gasteiger partial charge is 0.357 e. The van der Waals surface area contributed by atoms with Crippen LogP contribution in [0, 0.1) is 0 Å². The molecule has 2 fully saturated rings. The average molecular weight is 609 g/mol. The molecule has 0 spiro atoms. The van der Waals surface area contributed by atoms with Crippen LogP contribution in [0.15, 0.2) is 59.1 Å². The number of aromatic nitrogens is 3. The number of carboxylic acids is 1. The summed E-state index contributed by atoms with van der Waals surface area (Å²) in [4.78, 5) is 11.5. The van der Waals surface area contributed by atoms with E-state index in [1.165, 1.54) is 0 Å². The summed E-state index contributed by atoms with van der Waals surface area (Å²) in [5.41, 5.74) is 5.17. The number of ether oxygens (including phenoxy) is 1. The van der Waals surface area contributed by atoms with Crippen LogP contribution in [0.2, 0.25) is 15.1 Å². The fourth-order valence-electron chi connectivity index (χ4n) is 5.67. The number of nitrogens with zero attached hydrogens (tertiary/aromatic N) is 3. The summed E-state index contributed by atoms with van der Waals surface area (Å²) in [6.45, 7) is 0.247. The number of hydrogen-bond donors (Lipinski definition) is 1. The van der Waals surface area contributed by atoms with Gasteiger partial charge in [-0.25, -0.2) is 4.79 Å². The highest BCUT2D eigenvalue weighted by molar-refractivity contribution is 6.39. The van der Waals surface area contributed by atoms with Crippen molar-refractivity contribution in [3.8, 4) is 17.0 Å². The summed E-state index contributed by atoms with van der Waals surface area (Å²) < 4.78 is 13.6. The Morgan fingerprint density at radius 1 is 1.05 bits per heavy atom. The second-order valence-electron chi connectivity index (χ2n) is 10.7. The lowest BCUT2D eigenvalue weighted by atomic mass is 10.0. The van der Waals surface area contributed by atoms with Gasteiger partial charge in [-0.2, -0.15) is 5.10 Å². The van der Waals surface area contributed by atoms with Gasteiger partial charge < -0.3 is 14.4 Å². The molecule has 3 aromatic carbocycles. The molecule has 0 saturated heterocycles. The average Bonchev–Trinajstić information content (AvgIpc) is 3.87. The molecule has 7 nitrogen and oxygen atoms in total. The van der Waals surface area contributed by atoms with Gasteiger partial charge in [0.2, 0.25) is 0 Å². The zero-order valence-corrected chi connectivity index (χ0v) is 24.2. The van der Waals surface area contributed by atoms with Crippen molar-refractivity contribution in [2.24, 2.45) is 7.05 Å². The molecule has 2 heterocycles. The Morgan fingerprint density at radius 2 is 1.83 bits per heavy atom. The standard InChI is InChI=1S/C31H24Cl3N3O4/c1-37-26-11-16(7-9-19(26)29(35-37)31(38)39)20-13-21(20)18-10-8-17(12-25(18)34)40-14-22-28(36-41-30(22)15-5-6-15)27-23(32)3-2-4-24(27)33/h2-4,7-12,15,20-21H,5-6,13-14H2,1H3,(H,38,39)/t20-,21-/m1/s1. The molecular weight excluding hydrogens is 585 g/mol. The molecule has 7 rings (SSSR count). The molecule has 0 amide bonds. The highest BCUT2D eigenvalue weighted by Gasteiger charge is 2.41. The molecule has 0 radical (unpaired) electrons. The van der Waals surface area contributed by atoms with Crippen LogP contribution in [0.3, 0.4) is 0 Å². The predicted octanol–water partition coefficient (Wildman–Crippen LogP) is 8.61. The van der Waals surface area contributed by atoms with Gasteiger partial charge in [-0.05, 0) is 72.6 Å². The fourth-order valence-corrected chi connectivity index (χ4v) is 6.56. The predicted molar refractivity (Wildman–Crippen MR) is 157 cm³/mol. The van der Waals surface area contributed by atoms with Gasteiger partial charge in [-0.3, -0.25) is 4.68 Å². The monoisotopic (exact) mass is 607 g/mol. The van der Waals surface area contributed by atoms with Crippen molar-refractivity contribution in [3.05, 3.63) is 97.8 Å². The van der Waals surface area contributed by atoms with Crippen molar-refractivity contribution in [2.45, 2.75) is 43.6 Å². The van der Waals surface area contributed by atoms with Crippen LogP contribution in [0.1, 0.15) is 70.0 Å². The first-order valence-electron chi connectivity index (χ1n) is 13.3.